The summed E-state index contributed by atoms with van der Waals surface area (Å²) in [5, 5.41) is 12.9. The Labute approximate surface area is 185 Å². The monoisotopic (exact) mass is 430 g/mol. The Kier molecular flexibility index (Phi) is 6.85. The molecule has 2 aromatic heterocycles. The summed E-state index contributed by atoms with van der Waals surface area (Å²) >= 11 is 0. The van der Waals surface area contributed by atoms with Gasteiger partial charge in [0.1, 0.15) is 11.4 Å². The minimum absolute atomic E-state index is 0.00644. The van der Waals surface area contributed by atoms with Crippen LogP contribution >= 0.6 is 0 Å². The zero-order chi connectivity index (χ0) is 23.3. The minimum atomic E-state index is -0.849. The van der Waals surface area contributed by atoms with Crippen LogP contribution in [0.15, 0.2) is 46.5 Å². The second-order valence-corrected chi connectivity index (χ2v) is 7.38. The van der Waals surface area contributed by atoms with Crippen LogP contribution in [0, 0.1) is 24.1 Å². The van der Waals surface area contributed by atoms with Gasteiger partial charge in [0, 0.05) is 11.3 Å². The molecule has 0 aliphatic carbocycles. The van der Waals surface area contributed by atoms with Crippen molar-refractivity contribution < 1.29 is 4.39 Å². The maximum absolute atomic E-state index is 14.8. The lowest BCUT2D eigenvalue weighted by Crippen LogP contribution is -2.15. The number of hydrogen-bond donors (Lipinski definition) is 2. The molecule has 0 amide bonds. The Morgan fingerprint density at radius 2 is 1.94 bits per heavy atom. The van der Waals surface area contributed by atoms with Gasteiger partial charge in [0.25, 0.3) is 0 Å². The molecule has 32 heavy (non-hydrogen) atoms. The van der Waals surface area contributed by atoms with Gasteiger partial charge in [-0.15, -0.1) is 0 Å². The topological polar surface area (TPSA) is 139 Å². The number of hydrogen-bond acceptors (Lipinski definition) is 8. The molecular formula is C23H23FN8. The molecule has 0 fully saturated rings. The number of nitrogen functional groups attached to an aromatic ring is 1. The van der Waals surface area contributed by atoms with E-state index in [-0.39, 0.29) is 29.6 Å². The van der Waals surface area contributed by atoms with Gasteiger partial charge in [-0.1, -0.05) is 32.0 Å². The van der Waals surface area contributed by atoms with Gasteiger partial charge in [0.15, 0.2) is 17.5 Å². The van der Waals surface area contributed by atoms with Crippen molar-refractivity contribution in [3.05, 3.63) is 70.4 Å². The van der Waals surface area contributed by atoms with Crippen molar-refractivity contribution in [3.63, 3.8) is 0 Å². The summed E-state index contributed by atoms with van der Waals surface area (Å²) < 4.78 is 14.8. The summed E-state index contributed by atoms with van der Waals surface area (Å²) in [5.41, 5.74) is 9.01. The number of halogens is 1. The van der Waals surface area contributed by atoms with Crippen LogP contribution in [-0.4, -0.2) is 26.9 Å². The Balaban J connectivity index is 1.95. The second-order valence-electron chi connectivity index (χ2n) is 7.38. The van der Waals surface area contributed by atoms with E-state index < -0.39 is 5.82 Å². The molecule has 3 rings (SSSR count). The average Bonchev–Trinajstić information content (AvgIpc) is 2.79. The lowest BCUT2D eigenvalue weighted by Gasteiger charge is -2.10. The first-order valence-corrected chi connectivity index (χ1v) is 9.92. The molecule has 0 bridgehead atoms. The Hall–Kier alpha value is -4.19. The van der Waals surface area contributed by atoms with Gasteiger partial charge in [-0.3, -0.25) is 9.98 Å². The Morgan fingerprint density at radius 3 is 2.62 bits per heavy atom. The maximum atomic E-state index is 14.8. The summed E-state index contributed by atoms with van der Waals surface area (Å²) in [5.74, 6) is 4.75. The molecule has 0 aliphatic heterocycles. The van der Waals surface area contributed by atoms with E-state index in [1.54, 1.807) is 25.1 Å². The highest BCUT2D eigenvalue weighted by Crippen LogP contribution is 2.25. The van der Waals surface area contributed by atoms with E-state index in [1.807, 2.05) is 18.2 Å². The third-order valence-corrected chi connectivity index (χ3v) is 4.84. The van der Waals surface area contributed by atoms with Gasteiger partial charge in [-0.05, 0) is 36.6 Å². The first kappa shape index (κ1) is 22.5. The molecule has 4 N–H and O–H groups in total. The molecule has 162 valence electrons. The molecule has 0 atom stereocenters. The van der Waals surface area contributed by atoms with Crippen molar-refractivity contribution in [1.29, 1.82) is 5.26 Å². The number of nitrogens with two attached hydrogens (primary N) is 2. The summed E-state index contributed by atoms with van der Waals surface area (Å²) in [4.78, 5) is 17.2. The largest absolute Gasteiger partial charge is 0.381 e. The van der Waals surface area contributed by atoms with Crippen LogP contribution in [0.5, 0.6) is 0 Å². The van der Waals surface area contributed by atoms with Crippen molar-refractivity contribution in [2.24, 2.45) is 15.9 Å². The molecule has 2 heterocycles. The lowest BCUT2D eigenvalue weighted by molar-refractivity contribution is 0.617. The van der Waals surface area contributed by atoms with Crippen molar-refractivity contribution in [3.8, 4) is 17.5 Å². The molecule has 9 heteroatoms. The zero-order valence-corrected chi connectivity index (χ0v) is 18.0. The molecule has 0 saturated heterocycles. The number of pyridine rings is 1. The lowest BCUT2D eigenvalue weighted by atomic mass is 10.0. The van der Waals surface area contributed by atoms with E-state index in [0.717, 1.165) is 11.4 Å². The van der Waals surface area contributed by atoms with Gasteiger partial charge in [-0.25, -0.2) is 14.4 Å². The summed E-state index contributed by atoms with van der Waals surface area (Å²) in [6.45, 7) is 6.14. The van der Waals surface area contributed by atoms with Gasteiger partial charge in [0.2, 0.25) is 0 Å². The number of aliphatic imine (C=N–C) groups is 1. The molecule has 0 spiro atoms. The third-order valence-electron chi connectivity index (χ3n) is 4.84. The van der Waals surface area contributed by atoms with Crippen LogP contribution in [0.1, 0.15) is 48.0 Å². The first-order valence-electron chi connectivity index (χ1n) is 9.92. The van der Waals surface area contributed by atoms with Gasteiger partial charge < -0.3 is 11.6 Å². The SMILES string of the molecule is Cc1c(C#N)cccc1-c1nc(N)c(F)c(C(C=NCc2cccc(C(C)C)n2)=NN)n1. The van der Waals surface area contributed by atoms with Crippen LogP contribution in [-0.2, 0) is 6.54 Å². The highest BCUT2D eigenvalue weighted by atomic mass is 19.1. The van der Waals surface area contributed by atoms with Crippen molar-refractivity contribution in [2.75, 3.05) is 5.73 Å². The van der Waals surface area contributed by atoms with Crippen LogP contribution in [0.4, 0.5) is 10.2 Å². The van der Waals surface area contributed by atoms with Crippen molar-refractivity contribution >= 4 is 17.7 Å². The number of nitriles is 1. The number of benzene rings is 1. The standard InChI is InChI=1S/C23H23FN8/c1-13(2)18-9-5-7-16(29-18)11-28-12-19(32-27)21-20(24)22(26)31-23(30-21)17-8-4-6-15(10-25)14(17)3/h4-9,12-13H,11,27H2,1-3H3,(H2,26,30,31). The van der Waals surface area contributed by atoms with Crippen LogP contribution in [0.3, 0.4) is 0 Å². The fraction of sp³-hybridized carbons (Fsp3) is 0.217. The van der Waals surface area contributed by atoms with E-state index >= 15 is 0 Å². The molecule has 3 aromatic rings. The predicted octanol–water partition coefficient (Wildman–Crippen LogP) is 3.50. The van der Waals surface area contributed by atoms with Gasteiger partial charge >= 0.3 is 0 Å². The van der Waals surface area contributed by atoms with Crippen LogP contribution in [0.25, 0.3) is 11.4 Å². The molecule has 0 saturated carbocycles. The van der Waals surface area contributed by atoms with E-state index in [1.165, 1.54) is 6.21 Å². The average molecular weight is 430 g/mol. The molecule has 0 unspecified atom stereocenters. The number of nitrogens with zero attached hydrogens (tertiary/aromatic N) is 6. The normalized spacial score (nSPS) is 11.8. The van der Waals surface area contributed by atoms with E-state index in [9.17, 15) is 9.65 Å². The summed E-state index contributed by atoms with van der Waals surface area (Å²) in [6.07, 6.45) is 1.33. The molecule has 0 aliphatic rings. The van der Waals surface area contributed by atoms with Gasteiger partial charge in [0.05, 0.1) is 30.1 Å². The smallest absolute Gasteiger partial charge is 0.193 e. The molecule has 1 aromatic carbocycles. The maximum Gasteiger partial charge on any atom is 0.193 e. The van der Waals surface area contributed by atoms with Crippen LogP contribution < -0.4 is 11.6 Å². The predicted molar refractivity (Wildman–Crippen MR) is 123 cm³/mol. The minimum Gasteiger partial charge on any atom is -0.381 e. The summed E-state index contributed by atoms with van der Waals surface area (Å²) in [6, 6.07) is 12.9. The number of rotatable bonds is 6. The molecule has 0 radical (unpaired) electrons. The number of hydrazone groups is 1. The van der Waals surface area contributed by atoms with E-state index in [2.05, 4.69) is 45.0 Å². The summed E-state index contributed by atoms with van der Waals surface area (Å²) in [7, 11) is 0. The molecule has 8 nitrogen and oxygen atoms in total. The third kappa shape index (κ3) is 4.75. The fourth-order valence-corrected chi connectivity index (χ4v) is 3.04. The first-order chi connectivity index (χ1) is 15.3. The quantitative estimate of drug-likeness (QED) is 0.348. The highest BCUT2D eigenvalue weighted by Gasteiger charge is 2.19. The van der Waals surface area contributed by atoms with Crippen molar-refractivity contribution in [1.82, 2.24) is 15.0 Å². The Bertz CT molecular complexity index is 1240. The number of anilines is 1. The number of aromatic nitrogens is 3. The van der Waals surface area contributed by atoms with E-state index in [4.69, 9.17) is 11.6 Å². The second kappa shape index (κ2) is 9.75. The Morgan fingerprint density at radius 1 is 1.19 bits per heavy atom. The van der Waals surface area contributed by atoms with Crippen LogP contribution in [0.2, 0.25) is 0 Å². The highest BCUT2D eigenvalue weighted by molar-refractivity contribution is 6.37. The fourth-order valence-electron chi connectivity index (χ4n) is 3.04. The zero-order valence-electron chi connectivity index (χ0n) is 18.0. The van der Waals surface area contributed by atoms with Crippen molar-refractivity contribution in [2.45, 2.75) is 33.2 Å². The van der Waals surface area contributed by atoms with Gasteiger partial charge in [-0.2, -0.15) is 10.4 Å². The molecular weight excluding hydrogens is 407 g/mol. The van der Waals surface area contributed by atoms with E-state index in [0.29, 0.717) is 22.6 Å².